The van der Waals surface area contributed by atoms with Crippen LogP contribution in [0.1, 0.15) is 23.1 Å². The maximum absolute atomic E-state index is 14.0. The minimum atomic E-state index is -0.324. The second kappa shape index (κ2) is 11.4. The quantitative estimate of drug-likeness (QED) is 0.216. The highest BCUT2D eigenvalue weighted by atomic mass is 19.1. The molecule has 4 rings (SSSR count). The number of hydrogen-bond acceptors (Lipinski definition) is 1. The maximum Gasteiger partial charge on any atom is 0.242 e. The lowest BCUT2D eigenvalue weighted by molar-refractivity contribution is 0.419. The highest BCUT2D eigenvalue weighted by Gasteiger charge is 2.29. The molecule has 0 radical (unpaired) electrons. The van der Waals surface area contributed by atoms with Gasteiger partial charge in [0.05, 0.1) is 0 Å². The first-order chi connectivity index (χ1) is 17.3. The minimum Gasteiger partial charge on any atom is -0.309 e. The Morgan fingerprint density at radius 3 is 1.47 bits per heavy atom. The van der Waals surface area contributed by atoms with Crippen LogP contribution in [0.15, 0.2) is 97.1 Å². The fourth-order valence-corrected chi connectivity index (χ4v) is 4.51. The lowest BCUT2D eigenvalue weighted by Crippen LogP contribution is -2.44. The van der Waals surface area contributed by atoms with Gasteiger partial charge in [0.1, 0.15) is 17.5 Å². The Kier molecular flexibility index (Phi) is 8.12. The fourth-order valence-electron chi connectivity index (χ4n) is 4.51. The van der Waals surface area contributed by atoms with Crippen LogP contribution in [-0.2, 0) is 0 Å². The van der Waals surface area contributed by atoms with Crippen molar-refractivity contribution in [3.63, 3.8) is 0 Å². The average molecular weight is 483 g/mol. The third-order valence-corrected chi connectivity index (χ3v) is 6.38. The first-order valence-electron chi connectivity index (χ1n) is 12.0. The topological polar surface area (TPSA) is 3.24 Å². The Labute approximate surface area is 212 Å². The van der Waals surface area contributed by atoms with Crippen LogP contribution in [0.5, 0.6) is 0 Å². The van der Waals surface area contributed by atoms with E-state index >= 15 is 0 Å². The van der Waals surface area contributed by atoms with Crippen molar-refractivity contribution >= 4 is 28.7 Å². The zero-order valence-electron chi connectivity index (χ0n) is 20.8. The van der Waals surface area contributed by atoms with E-state index in [9.17, 15) is 13.2 Å². The third-order valence-electron chi connectivity index (χ3n) is 6.38. The van der Waals surface area contributed by atoms with Gasteiger partial charge in [0, 0.05) is 6.54 Å². The van der Waals surface area contributed by atoms with Crippen molar-refractivity contribution in [2.75, 3.05) is 20.6 Å². The predicted octanol–water partition coefficient (Wildman–Crippen LogP) is 6.12. The van der Waals surface area contributed by atoms with Gasteiger partial charge < -0.3 is 4.90 Å². The molecule has 4 aromatic carbocycles. The summed E-state index contributed by atoms with van der Waals surface area (Å²) >= 11 is 0. The van der Waals surface area contributed by atoms with Crippen molar-refractivity contribution in [2.24, 2.45) is 0 Å². The number of aryl methyl sites for hydroxylation is 1. The normalized spacial score (nSPS) is 12.0. The van der Waals surface area contributed by atoms with E-state index in [4.69, 9.17) is 0 Å². The van der Waals surface area contributed by atoms with Gasteiger partial charge in [-0.1, -0.05) is 82.6 Å². The molecule has 0 heterocycles. The van der Waals surface area contributed by atoms with Gasteiger partial charge in [-0.15, -0.1) is 0 Å². The molecule has 0 amide bonds. The second-order valence-electron chi connectivity index (χ2n) is 9.35. The van der Waals surface area contributed by atoms with Crippen LogP contribution in [0.2, 0.25) is 0 Å². The van der Waals surface area contributed by atoms with Crippen LogP contribution in [0.25, 0.3) is 11.0 Å². The summed E-state index contributed by atoms with van der Waals surface area (Å²) in [5.41, 5.74) is 6.92. The van der Waals surface area contributed by atoms with Crippen molar-refractivity contribution in [1.82, 2.24) is 4.90 Å². The van der Waals surface area contributed by atoms with Gasteiger partial charge in [0.25, 0.3) is 0 Å². The van der Waals surface area contributed by atoms with Crippen LogP contribution in [0.3, 0.4) is 0 Å². The van der Waals surface area contributed by atoms with Crippen LogP contribution in [0.4, 0.5) is 13.2 Å². The van der Waals surface area contributed by atoms with Crippen molar-refractivity contribution in [3.8, 4) is 0 Å². The van der Waals surface area contributed by atoms with Gasteiger partial charge in [0.15, 0.2) is 0 Å². The van der Waals surface area contributed by atoms with Crippen molar-refractivity contribution in [1.29, 1.82) is 0 Å². The molecule has 0 aliphatic rings. The second-order valence-corrected chi connectivity index (χ2v) is 9.35. The summed E-state index contributed by atoms with van der Waals surface area (Å²) in [4.78, 5) is 2.13. The van der Waals surface area contributed by atoms with Crippen molar-refractivity contribution in [2.45, 2.75) is 13.3 Å². The van der Waals surface area contributed by atoms with Crippen molar-refractivity contribution < 1.29 is 13.2 Å². The minimum absolute atomic E-state index is 0.316. The Morgan fingerprint density at radius 2 is 1.03 bits per heavy atom. The molecule has 0 unspecified atom stereocenters. The Morgan fingerprint density at radius 1 is 0.611 bits per heavy atom. The largest absolute Gasteiger partial charge is 0.309 e. The van der Waals surface area contributed by atoms with Crippen molar-refractivity contribution in [3.05, 3.63) is 131 Å². The van der Waals surface area contributed by atoms with E-state index in [0.717, 1.165) is 51.6 Å². The summed E-state index contributed by atoms with van der Waals surface area (Å²) in [6.45, 7) is 2.52. The van der Waals surface area contributed by atoms with E-state index < -0.39 is 0 Å². The van der Waals surface area contributed by atoms with E-state index in [1.807, 2.05) is 21.0 Å². The van der Waals surface area contributed by atoms with E-state index in [1.54, 1.807) is 36.4 Å². The molecule has 0 atom stereocenters. The summed E-state index contributed by atoms with van der Waals surface area (Å²) in [7, 11) is 4.06. The monoisotopic (exact) mass is 483 g/mol. The van der Waals surface area contributed by atoms with Crippen LogP contribution >= 0.6 is 0 Å². The molecular weight excluding hydrogens is 454 g/mol. The molecule has 36 heavy (non-hydrogen) atoms. The lowest BCUT2D eigenvalue weighted by atomic mass is 9.34. The average Bonchev–Trinajstić information content (AvgIpc) is 2.87. The van der Waals surface area contributed by atoms with Crippen LogP contribution in [0, 0.1) is 24.4 Å². The summed E-state index contributed by atoms with van der Waals surface area (Å²) in [5.74, 6) is -0.964. The zero-order valence-corrected chi connectivity index (χ0v) is 20.8. The van der Waals surface area contributed by atoms with Gasteiger partial charge in [-0.2, -0.15) is 0 Å². The molecule has 1 nitrogen and oxygen atoms in total. The predicted molar refractivity (Wildman–Crippen MR) is 145 cm³/mol. The molecule has 0 N–H and O–H groups in total. The Balaban J connectivity index is 2.06. The first kappa shape index (κ1) is 25.5. The van der Waals surface area contributed by atoms with Gasteiger partial charge in [-0.3, -0.25) is 0 Å². The fraction of sp³-hybridized carbons (Fsp3) is 0.161. The molecule has 0 aliphatic heterocycles. The van der Waals surface area contributed by atoms with Gasteiger partial charge in [0.2, 0.25) is 6.71 Å². The van der Waals surface area contributed by atoms with Crippen LogP contribution in [-0.4, -0.2) is 32.3 Å². The number of rotatable bonds is 8. The molecule has 182 valence electrons. The highest BCUT2D eigenvalue weighted by Crippen LogP contribution is 2.32. The number of nitrogens with zero attached hydrogens (tertiary/aromatic N) is 1. The van der Waals surface area contributed by atoms with Gasteiger partial charge >= 0.3 is 0 Å². The lowest BCUT2D eigenvalue weighted by Gasteiger charge is -2.25. The Hall–Kier alpha value is -3.57. The third kappa shape index (κ3) is 6.16. The summed E-state index contributed by atoms with van der Waals surface area (Å²) in [5, 5.41) is 0. The SMILES string of the molecule is Cc1ccc(/C(CCN(C)C)=C(/B(c2ccc(F)cc2)c2ccc(F)cc2)c2ccc(F)cc2)cc1. The van der Waals surface area contributed by atoms with Gasteiger partial charge in [-0.05, 0) is 80.5 Å². The summed E-state index contributed by atoms with van der Waals surface area (Å²) in [6.07, 6.45) is 0.738. The van der Waals surface area contributed by atoms with Crippen LogP contribution < -0.4 is 10.9 Å². The zero-order chi connectivity index (χ0) is 25.7. The smallest absolute Gasteiger partial charge is 0.242 e. The van der Waals surface area contributed by atoms with E-state index in [0.29, 0.717) is 0 Å². The number of halogens is 3. The molecule has 0 aliphatic carbocycles. The molecule has 4 aromatic rings. The maximum atomic E-state index is 14.0. The first-order valence-corrected chi connectivity index (χ1v) is 12.0. The van der Waals surface area contributed by atoms with E-state index in [2.05, 4.69) is 29.2 Å². The molecular formula is C31H29BF3N. The van der Waals surface area contributed by atoms with Gasteiger partial charge in [-0.25, -0.2) is 13.2 Å². The molecule has 0 spiro atoms. The molecule has 0 saturated carbocycles. The molecule has 0 saturated heterocycles. The standard InChI is InChI=1S/C31H29BF3N/c1-22-4-6-23(7-5-22)30(20-21-36(2)3)31(24-8-14-27(33)15-9-24)32(25-10-16-28(34)17-11-25)26-12-18-29(35)19-13-26/h4-19H,20-21H2,1-3H3/b31-30+. The molecule has 5 heteroatoms. The molecule has 0 bridgehead atoms. The molecule has 0 fully saturated rings. The van der Waals surface area contributed by atoms with E-state index in [-0.39, 0.29) is 24.2 Å². The summed E-state index contributed by atoms with van der Waals surface area (Å²) < 4.78 is 41.9. The number of benzene rings is 4. The van der Waals surface area contributed by atoms with E-state index in [1.165, 1.54) is 36.4 Å². The summed E-state index contributed by atoms with van der Waals surface area (Å²) in [6, 6.07) is 27.7. The Bertz CT molecular complexity index is 1270. The molecule has 0 aromatic heterocycles. The highest BCUT2D eigenvalue weighted by molar-refractivity contribution is 7.00. The number of hydrogen-bond donors (Lipinski definition) is 0.